The van der Waals surface area contributed by atoms with Crippen LogP contribution in [0.4, 0.5) is 11.4 Å². The van der Waals surface area contributed by atoms with E-state index in [-0.39, 0.29) is 17.6 Å². The number of carbonyl (C=O) groups excluding carboxylic acids is 2. The van der Waals surface area contributed by atoms with Crippen LogP contribution in [-0.2, 0) is 9.59 Å². The minimum absolute atomic E-state index is 0.0208. The van der Waals surface area contributed by atoms with Gasteiger partial charge in [0.2, 0.25) is 0 Å². The number of nitrogens with zero attached hydrogens (tertiary/aromatic N) is 1. The molecule has 8 nitrogen and oxygen atoms in total. The van der Waals surface area contributed by atoms with Crippen LogP contribution in [0, 0.1) is 0 Å². The fourth-order valence-electron chi connectivity index (χ4n) is 5.85. The molecule has 218 valence electrons. The van der Waals surface area contributed by atoms with Crippen LogP contribution < -0.4 is 29.7 Å². The number of rotatable bonds is 8. The zero-order valence-electron chi connectivity index (χ0n) is 24.9. The highest BCUT2D eigenvalue weighted by molar-refractivity contribution is 6.10. The predicted octanol–water partition coefficient (Wildman–Crippen LogP) is 5.78. The van der Waals surface area contributed by atoms with Crippen LogP contribution in [0.3, 0.4) is 0 Å². The number of methoxy groups -OCH3 is 3. The molecule has 0 saturated heterocycles. The van der Waals surface area contributed by atoms with E-state index in [2.05, 4.69) is 10.6 Å². The number of Topliss-reactive ketones (excluding diaryl/α,β-unsaturated/α-hetero) is 1. The summed E-state index contributed by atoms with van der Waals surface area (Å²) in [6.45, 7) is 1.90. The van der Waals surface area contributed by atoms with Gasteiger partial charge in [-0.05, 0) is 78.9 Å². The predicted molar refractivity (Wildman–Crippen MR) is 165 cm³/mol. The van der Waals surface area contributed by atoms with Crippen molar-refractivity contribution in [1.29, 1.82) is 0 Å². The van der Waals surface area contributed by atoms with Crippen LogP contribution in [0.15, 0.2) is 89.3 Å². The molecule has 1 heterocycles. The van der Waals surface area contributed by atoms with Crippen molar-refractivity contribution in [2.75, 3.05) is 45.6 Å². The first-order valence-corrected chi connectivity index (χ1v) is 13.9. The summed E-state index contributed by atoms with van der Waals surface area (Å²) in [5.74, 6) is 1.20. The summed E-state index contributed by atoms with van der Waals surface area (Å²) in [7, 11) is 8.78. The molecule has 3 aromatic carbocycles. The Morgan fingerprint density at radius 1 is 0.857 bits per heavy atom. The molecule has 3 aromatic rings. The first kappa shape index (κ1) is 28.8. The van der Waals surface area contributed by atoms with Gasteiger partial charge in [0.1, 0.15) is 5.75 Å². The summed E-state index contributed by atoms with van der Waals surface area (Å²) in [4.78, 5) is 29.9. The normalized spacial score (nSPS) is 18.2. The smallest absolute Gasteiger partial charge is 0.254 e. The van der Waals surface area contributed by atoms with E-state index < -0.39 is 5.92 Å². The van der Waals surface area contributed by atoms with Crippen molar-refractivity contribution in [3.05, 3.63) is 100 Å². The number of ketones is 1. The van der Waals surface area contributed by atoms with Gasteiger partial charge in [0.15, 0.2) is 17.3 Å². The van der Waals surface area contributed by atoms with Gasteiger partial charge in [-0.3, -0.25) is 9.59 Å². The summed E-state index contributed by atoms with van der Waals surface area (Å²) in [6, 6.07) is 21.1. The zero-order valence-corrected chi connectivity index (χ0v) is 24.9. The number of ether oxygens (including phenoxy) is 3. The minimum Gasteiger partial charge on any atom is -0.497 e. The van der Waals surface area contributed by atoms with Crippen molar-refractivity contribution in [2.24, 2.45) is 0 Å². The van der Waals surface area contributed by atoms with Crippen LogP contribution in [0.5, 0.6) is 17.2 Å². The molecule has 2 N–H and O–H groups in total. The Kier molecular flexibility index (Phi) is 8.24. The van der Waals surface area contributed by atoms with Crippen LogP contribution in [0.1, 0.15) is 42.7 Å². The van der Waals surface area contributed by atoms with Crippen molar-refractivity contribution >= 4 is 23.1 Å². The Hall–Kier alpha value is -4.72. The summed E-state index contributed by atoms with van der Waals surface area (Å²) in [5, 5.41) is 6.49. The highest BCUT2D eigenvalue weighted by Crippen LogP contribution is 2.46. The molecule has 0 aromatic heterocycles. The van der Waals surface area contributed by atoms with Gasteiger partial charge in [0.05, 0.1) is 21.3 Å². The molecule has 1 amide bonds. The molecule has 0 radical (unpaired) electrons. The number of dihydropyridines is 1. The van der Waals surface area contributed by atoms with Crippen LogP contribution in [0.2, 0.25) is 0 Å². The van der Waals surface area contributed by atoms with Crippen LogP contribution in [0.25, 0.3) is 0 Å². The number of anilines is 2. The topological polar surface area (TPSA) is 89.1 Å². The lowest BCUT2D eigenvalue weighted by Gasteiger charge is -2.37. The molecule has 0 fully saturated rings. The van der Waals surface area contributed by atoms with Gasteiger partial charge < -0.3 is 29.7 Å². The Morgan fingerprint density at radius 3 is 2.14 bits per heavy atom. The molecule has 8 heteroatoms. The van der Waals surface area contributed by atoms with Crippen molar-refractivity contribution in [2.45, 2.75) is 31.6 Å². The highest BCUT2D eigenvalue weighted by Gasteiger charge is 2.41. The van der Waals surface area contributed by atoms with Gasteiger partial charge in [0.25, 0.3) is 5.91 Å². The van der Waals surface area contributed by atoms with Crippen molar-refractivity contribution in [3.63, 3.8) is 0 Å². The molecule has 0 spiro atoms. The standard InChI is InChI=1S/C34H37N3O5/c1-20-31(34(39)36-24-10-14-26(40-4)15-11-24)32(21-7-12-25(13-8-21)37(2)3)33-27(35-20)17-23(18-28(33)38)22-9-16-29(41-5)30(19-22)42-6/h7-16,19,23,32,35H,17-18H2,1-6H3,(H,36,39). The van der Waals surface area contributed by atoms with E-state index in [4.69, 9.17) is 14.2 Å². The third-order valence-corrected chi connectivity index (χ3v) is 8.04. The quantitative estimate of drug-likeness (QED) is 0.357. The number of carbonyl (C=O) groups is 2. The van der Waals surface area contributed by atoms with Gasteiger partial charge in [0, 0.05) is 60.3 Å². The van der Waals surface area contributed by atoms with E-state index in [1.54, 1.807) is 45.6 Å². The van der Waals surface area contributed by atoms with Gasteiger partial charge >= 0.3 is 0 Å². The van der Waals surface area contributed by atoms with Gasteiger partial charge in [-0.2, -0.15) is 0 Å². The third kappa shape index (κ3) is 5.57. The molecule has 2 atom stereocenters. The average Bonchev–Trinajstić information content (AvgIpc) is 3.00. The lowest BCUT2D eigenvalue weighted by atomic mass is 9.71. The van der Waals surface area contributed by atoms with Crippen LogP contribution in [-0.4, -0.2) is 47.1 Å². The number of hydrogen-bond acceptors (Lipinski definition) is 7. The first-order chi connectivity index (χ1) is 20.2. The van der Waals surface area contributed by atoms with E-state index in [0.29, 0.717) is 46.9 Å². The maximum atomic E-state index is 14.0. The highest BCUT2D eigenvalue weighted by atomic mass is 16.5. The molecule has 0 bridgehead atoms. The molecule has 2 unspecified atom stereocenters. The van der Waals surface area contributed by atoms with E-state index in [0.717, 1.165) is 28.2 Å². The Balaban J connectivity index is 1.53. The van der Waals surface area contributed by atoms with Crippen LogP contribution >= 0.6 is 0 Å². The zero-order chi connectivity index (χ0) is 30.0. The maximum absolute atomic E-state index is 14.0. The Morgan fingerprint density at radius 2 is 1.52 bits per heavy atom. The van der Waals surface area contributed by atoms with E-state index in [1.807, 2.05) is 68.4 Å². The fourth-order valence-corrected chi connectivity index (χ4v) is 5.85. The Bertz CT molecular complexity index is 1550. The SMILES string of the molecule is COc1ccc(NC(=O)C2=C(C)NC3=C(C(=O)CC(c4ccc(OC)c(OC)c4)C3)C2c2ccc(N(C)C)cc2)cc1. The second-order valence-corrected chi connectivity index (χ2v) is 10.8. The Labute approximate surface area is 247 Å². The molecule has 1 aliphatic carbocycles. The summed E-state index contributed by atoms with van der Waals surface area (Å²) in [5.41, 5.74) is 6.34. The second kappa shape index (κ2) is 12.0. The molecular formula is C34H37N3O5. The first-order valence-electron chi connectivity index (χ1n) is 13.9. The van der Waals surface area contributed by atoms with Crippen molar-refractivity contribution < 1.29 is 23.8 Å². The second-order valence-electron chi connectivity index (χ2n) is 10.8. The van der Waals surface area contributed by atoms with Crippen molar-refractivity contribution in [1.82, 2.24) is 5.32 Å². The number of benzene rings is 3. The van der Waals surface area contributed by atoms with Gasteiger partial charge in [-0.25, -0.2) is 0 Å². The summed E-state index contributed by atoms with van der Waals surface area (Å²) in [6.07, 6.45) is 0.961. The summed E-state index contributed by atoms with van der Waals surface area (Å²) >= 11 is 0. The number of nitrogens with one attached hydrogen (secondary N) is 2. The molecule has 42 heavy (non-hydrogen) atoms. The maximum Gasteiger partial charge on any atom is 0.254 e. The lowest BCUT2D eigenvalue weighted by molar-refractivity contribution is -0.116. The number of allylic oxidation sites excluding steroid dienone is 3. The molecule has 0 saturated carbocycles. The molecular weight excluding hydrogens is 530 g/mol. The van der Waals surface area contributed by atoms with E-state index >= 15 is 0 Å². The average molecular weight is 568 g/mol. The number of hydrogen-bond donors (Lipinski definition) is 2. The van der Waals surface area contributed by atoms with E-state index in [1.165, 1.54) is 0 Å². The largest absolute Gasteiger partial charge is 0.497 e. The molecule has 5 rings (SSSR count). The minimum atomic E-state index is -0.505. The lowest BCUT2D eigenvalue weighted by Crippen LogP contribution is -2.37. The van der Waals surface area contributed by atoms with Gasteiger partial charge in [-0.15, -0.1) is 0 Å². The summed E-state index contributed by atoms with van der Waals surface area (Å²) < 4.78 is 16.2. The third-order valence-electron chi connectivity index (χ3n) is 8.04. The van der Waals surface area contributed by atoms with E-state index in [9.17, 15) is 9.59 Å². The molecule has 1 aliphatic heterocycles. The monoisotopic (exact) mass is 567 g/mol. The molecule has 2 aliphatic rings. The van der Waals surface area contributed by atoms with Crippen molar-refractivity contribution in [3.8, 4) is 17.2 Å². The number of amides is 1. The fraction of sp³-hybridized carbons (Fsp3) is 0.294. The van der Waals surface area contributed by atoms with Gasteiger partial charge in [-0.1, -0.05) is 18.2 Å².